The number of nitrogens with zero attached hydrogens (tertiary/aromatic N) is 1. The Morgan fingerprint density at radius 3 is 2.40 bits per heavy atom. The summed E-state index contributed by atoms with van der Waals surface area (Å²) in [4.78, 5) is 1.77. The number of benzene rings is 1. The van der Waals surface area contributed by atoms with Gasteiger partial charge >= 0.3 is 6.18 Å². The normalized spacial score (nSPS) is 19.1. The molecule has 0 aromatic heterocycles. The lowest BCUT2D eigenvalue weighted by atomic mass is 10.0. The predicted octanol–water partition coefficient (Wildman–Crippen LogP) is 2.76. The van der Waals surface area contributed by atoms with Crippen LogP contribution in [0.4, 0.5) is 22.0 Å². The third kappa shape index (κ3) is 3.27. The van der Waals surface area contributed by atoms with Crippen LogP contribution in [0.1, 0.15) is 17.2 Å². The third-order valence-corrected chi connectivity index (χ3v) is 3.42. The molecule has 0 aliphatic carbocycles. The Hall–Kier alpha value is -1.21. The van der Waals surface area contributed by atoms with Gasteiger partial charge < -0.3 is 5.32 Å². The molecule has 1 aromatic rings. The molecule has 0 radical (unpaired) electrons. The summed E-state index contributed by atoms with van der Waals surface area (Å²) in [6.45, 7) is 1.61. The summed E-state index contributed by atoms with van der Waals surface area (Å²) in [5.41, 5.74) is -1.19. The van der Waals surface area contributed by atoms with Crippen LogP contribution in [0.3, 0.4) is 0 Å². The Kier molecular flexibility index (Phi) is 4.59. The fourth-order valence-electron chi connectivity index (χ4n) is 2.36. The van der Waals surface area contributed by atoms with Crippen molar-refractivity contribution >= 4 is 0 Å². The Balaban J connectivity index is 2.30. The minimum atomic E-state index is -4.77. The van der Waals surface area contributed by atoms with Crippen LogP contribution in [0.5, 0.6) is 0 Å². The van der Waals surface area contributed by atoms with Gasteiger partial charge in [-0.2, -0.15) is 13.2 Å². The number of alkyl halides is 4. The summed E-state index contributed by atoms with van der Waals surface area (Å²) >= 11 is 0. The number of halogens is 5. The van der Waals surface area contributed by atoms with Gasteiger partial charge in [0.2, 0.25) is 0 Å². The second-order valence-electron chi connectivity index (χ2n) is 4.69. The first kappa shape index (κ1) is 15.2. The summed E-state index contributed by atoms with van der Waals surface area (Å²) < 4.78 is 64.5. The SMILES string of the molecule is FC[C@H](c1ccc(F)c(C(F)(F)F)c1)N1CCNCC1. The van der Waals surface area contributed by atoms with Crippen LogP contribution < -0.4 is 5.32 Å². The van der Waals surface area contributed by atoms with E-state index < -0.39 is 30.3 Å². The number of nitrogens with one attached hydrogen (secondary N) is 1. The van der Waals surface area contributed by atoms with Gasteiger partial charge in [0, 0.05) is 26.2 Å². The maximum atomic E-state index is 13.2. The lowest BCUT2D eigenvalue weighted by Crippen LogP contribution is -2.45. The molecule has 2 rings (SSSR count). The van der Waals surface area contributed by atoms with Crippen molar-refractivity contribution in [1.82, 2.24) is 10.2 Å². The number of hydrogen-bond acceptors (Lipinski definition) is 2. The van der Waals surface area contributed by atoms with Crippen LogP contribution in [0.15, 0.2) is 18.2 Å². The van der Waals surface area contributed by atoms with Gasteiger partial charge in [-0.25, -0.2) is 8.78 Å². The Bertz CT molecular complexity index is 455. The molecular formula is C13H15F5N2. The molecular weight excluding hydrogens is 279 g/mol. The van der Waals surface area contributed by atoms with Crippen molar-refractivity contribution in [2.24, 2.45) is 0 Å². The zero-order valence-corrected chi connectivity index (χ0v) is 10.7. The minimum absolute atomic E-state index is 0.156. The van der Waals surface area contributed by atoms with Gasteiger partial charge in [0.05, 0.1) is 11.6 Å². The average molecular weight is 294 g/mol. The molecule has 0 unspecified atom stereocenters. The van der Waals surface area contributed by atoms with E-state index in [1.807, 2.05) is 0 Å². The van der Waals surface area contributed by atoms with Crippen LogP contribution in [0.2, 0.25) is 0 Å². The summed E-state index contributed by atoms with van der Waals surface area (Å²) in [5, 5.41) is 3.09. The van der Waals surface area contributed by atoms with Crippen molar-refractivity contribution in [3.8, 4) is 0 Å². The van der Waals surface area contributed by atoms with Gasteiger partial charge in [0.25, 0.3) is 0 Å². The Labute approximate surface area is 113 Å². The van der Waals surface area contributed by atoms with Gasteiger partial charge in [-0.15, -0.1) is 0 Å². The summed E-state index contributed by atoms with van der Waals surface area (Å²) in [6.07, 6.45) is -4.77. The molecule has 1 aliphatic heterocycles. The lowest BCUT2D eigenvalue weighted by Gasteiger charge is -2.33. The molecule has 1 heterocycles. The van der Waals surface area contributed by atoms with E-state index in [4.69, 9.17) is 0 Å². The summed E-state index contributed by atoms with van der Waals surface area (Å²) in [6, 6.07) is 1.92. The van der Waals surface area contributed by atoms with Gasteiger partial charge in [-0.3, -0.25) is 4.90 Å². The molecule has 2 nitrogen and oxygen atoms in total. The molecule has 7 heteroatoms. The molecule has 1 fully saturated rings. The number of rotatable bonds is 3. The zero-order valence-electron chi connectivity index (χ0n) is 10.7. The molecule has 0 spiro atoms. The van der Waals surface area contributed by atoms with Crippen molar-refractivity contribution in [2.45, 2.75) is 12.2 Å². The van der Waals surface area contributed by atoms with Crippen LogP contribution in [-0.2, 0) is 6.18 Å². The highest BCUT2D eigenvalue weighted by molar-refractivity contribution is 5.29. The van der Waals surface area contributed by atoms with Crippen molar-refractivity contribution in [3.05, 3.63) is 35.1 Å². The third-order valence-electron chi connectivity index (χ3n) is 3.42. The summed E-state index contributed by atoms with van der Waals surface area (Å²) in [5.74, 6) is -1.33. The molecule has 20 heavy (non-hydrogen) atoms. The minimum Gasteiger partial charge on any atom is -0.314 e. The van der Waals surface area contributed by atoms with Crippen molar-refractivity contribution < 1.29 is 22.0 Å². The quantitative estimate of drug-likeness (QED) is 0.862. The first-order valence-electron chi connectivity index (χ1n) is 6.31. The highest BCUT2D eigenvalue weighted by atomic mass is 19.4. The second kappa shape index (κ2) is 6.05. The van der Waals surface area contributed by atoms with E-state index in [1.165, 1.54) is 6.07 Å². The highest BCUT2D eigenvalue weighted by Gasteiger charge is 2.35. The molecule has 0 saturated carbocycles. The maximum absolute atomic E-state index is 13.2. The maximum Gasteiger partial charge on any atom is 0.419 e. The average Bonchev–Trinajstić information content (AvgIpc) is 2.41. The van der Waals surface area contributed by atoms with Gasteiger partial charge in [-0.05, 0) is 17.7 Å². The van der Waals surface area contributed by atoms with E-state index in [1.54, 1.807) is 4.90 Å². The largest absolute Gasteiger partial charge is 0.419 e. The van der Waals surface area contributed by atoms with Gasteiger partial charge in [0.15, 0.2) is 0 Å². The van der Waals surface area contributed by atoms with Crippen molar-refractivity contribution in [3.63, 3.8) is 0 Å². The Morgan fingerprint density at radius 1 is 1.20 bits per heavy atom. The molecule has 1 N–H and O–H groups in total. The smallest absolute Gasteiger partial charge is 0.314 e. The lowest BCUT2D eigenvalue weighted by molar-refractivity contribution is -0.140. The predicted molar refractivity (Wildman–Crippen MR) is 64.6 cm³/mol. The standard InChI is InChI=1S/C13H15F5N2/c14-8-12(20-5-3-19-4-6-20)9-1-2-11(15)10(7-9)13(16,17)18/h1-2,7,12,19H,3-6,8H2/t12-/m1/s1. The fourth-order valence-corrected chi connectivity index (χ4v) is 2.36. The van der Waals surface area contributed by atoms with Gasteiger partial charge in [0.1, 0.15) is 12.5 Å². The molecule has 112 valence electrons. The monoisotopic (exact) mass is 294 g/mol. The second-order valence-corrected chi connectivity index (χ2v) is 4.69. The molecule has 1 saturated heterocycles. The first-order chi connectivity index (χ1) is 9.43. The van der Waals surface area contributed by atoms with Crippen LogP contribution in [-0.4, -0.2) is 37.8 Å². The van der Waals surface area contributed by atoms with E-state index >= 15 is 0 Å². The van der Waals surface area contributed by atoms with Crippen LogP contribution >= 0.6 is 0 Å². The van der Waals surface area contributed by atoms with E-state index in [0.29, 0.717) is 32.2 Å². The summed E-state index contributed by atoms with van der Waals surface area (Å²) in [7, 11) is 0. The van der Waals surface area contributed by atoms with Crippen molar-refractivity contribution in [1.29, 1.82) is 0 Å². The first-order valence-corrected chi connectivity index (χ1v) is 6.31. The number of hydrogen-bond donors (Lipinski definition) is 1. The van der Waals surface area contributed by atoms with E-state index in [2.05, 4.69) is 5.32 Å². The van der Waals surface area contributed by atoms with Gasteiger partial charge in [-0.1, -0.05) is 6.07 Å². The topological polar surface area (TPSA) is 15.3 Å². The van der Waals surface area contributed by atoms with E-state index in [-0.39, 0.29) is 5.56 Å². The zero-order chi connectivity index (χ0) is 14.8. The van der Waals surface area contributed by atoms with Crippen LogP contribution in [0.25, 0.3) is 0 Å². The molecule has 1 aromatic carbocycles. The van der Waals surface area contributed by atoms with E-state index in [0.717, 1.165) is 6.07 Å². The molecule has 0 bridgehead atoms. The van der Waals surface area contributed by atoms with E-state index in [9.17, 15) is 22.0 Å². The molecule has 0 amide bonds. The fraction of sp³-hybridized carbons (Fsp3) is 0.538. The van der Waals surface area contributed by atoms with Crippen LogP contribution in [0, 0.1) is 5.82 Å². The number of piperazine rings is 1. The van der Waals surface area contributed by atoms with Crippen molar-refractivity contribution in [2.75, 3.05) is 32.9 Å². The Morgan fingerprint density at radius 2 is 1.85 bits per heavy atom. The highest BCUT2D eigenvalue weighted by Crippen LogP contribution is 2.34. The molecule has 1 aliphatic rings. The molecule has 1 atom stereocenters.